The summed E-state index contributed by atoms with van der Waals surface area (Å²) in [5, 5.41) is 8.75. The van der Waals surface area contributed by atoms with Crippen LogP contribution in [-0.2, 0) is 15.7 Å². The maximum atomic E-state index is 13.3. The molecule has 1 saturated heterocycles. The van der Waals surface area contributed by atoms with Gasteiger partial charge in [0.05, 0.1) is 40.9 Å². The Morgan fingerprint density at radius 1 is 1.18 bits per heavy atom. The van der Waals surface area contributed by atoms with Crippen LogP contribution in [0.15, 0.2) is 47.8 Å². The number of ether oxygens (including phenoxy) is 1. The van der Waals surface area contributed by atoms with Crippen LogP contribution in [-0.4, -0.2) is 43.2 Å². The number of nitrogens with one attached hydrogen (secondary N) is 2. The number of thiazole rings is 1. The van der Waals surface area contributed by atoms with Gasteiger partial charge in [-0.2, -0.15) is 13.2 Å². The van der Waals surface area contributed by atoms with Gasteiger partial charge in [0, 0.05) is 29.7 Å². The molecule has 1 aliphatic rings. The summed E-state index contributed by atoms with van der Waals surface area (Å²) in [5.74, 6) is -0.441. The molecule has 1 fully saturated rings. The minimum atomic E-state index is -4.51. The van der Waals surface area contributed by atoms with E-state index in [1.54, 1.807) is 18.3 Å². The Labute approximate surface area is 199 Å². The summed E-state index contributed by atoms with van der Waals surface area (Å²) in [5.41, 5.74) is 2.33. The van der Waals surface area contributed by atoms with Crippen LogP contribution >= 0.6 is 11.3 Å². The van der Waals surface area contributed by atoms with Crippen molar-refractivity contribution in [3.63, 3.8) is 0 Å². The van der Waals surface area contributed by atoms with E-state index in [0.717, 1.165) is 28.4 Å². The number of morpholine rings is 1. The van der Waals surface area contributed by atoms with E-state index in [2.05, 4.69) is 15.6 Å². The van der Waals surface area contributed by atoms with Gasteiger partial charge < -0.3 is 20.3 Å². The highest BCUT2D eigenvalue weighted by Gasteiger charge is 2.32. The van der Waals surface area contributed by atoms with Crippen molar-refractivity contribution in [2.75, 3.05) is 41.8 Å². The number of hydrogen-bond acceptors (Lipinski definition) is 6. The average molecular weight is 491 g/mol. The van der Waals surface area contributed by atoms with Gasteiger partial charge in [-0.25, -0.2) is 4.98 Å². The highest BCUT2D eigenvalue weighted by atomic mass is 32.1. The Kier molecular flexibility index (Phi) is 7.08. The minimum Gasteiger partial charge on any atom is -0.378 e. The quantitative estimate of drug-likeness (QED) is 0.484. The van der Waals surface area contributed by atoms with Crippen molar-refractivity contribution in [2.24, 2.45) is 0 Å². The highest BCUT2D eigenvalue weighted by Crippen LogP contribution is 2.36. The third kappa shape index (κ3) is 5.68. The molecule has 6 nitrogen and oxygen atoms in total. The number of hydrogen-bond donors (Lipinski definition) is 2. The Hall–Kier alpha value is -3.11. The van der Waals surface area contributed by atoms with Gasteiger partial charge in [-0.1, -0.05) is 12.1 Å². The monoisotopic (exact) mass is 490 g/mol. The van der Waals surface area contributed by atoms with Crippen LogP contribution in [0.3, 0.4) is 0 Å². The lowest BCUT2D eigenvalue weighted by atomic mass is 10.1. The fraction of sp³-hybridized carbons (Fsp3) is 0.333. The molecule has 10 heteroatoms. The fourth-order valence-corrected chi connectivity index (χ4v) is 4.34. The van der Waals surface area contributed by atoms with Crippen LogP contribution in [0.1, 0.15) is 17.5 Å². The van der Waals surface area contributed by atoms with Crippen molar-refractivity contribution < 1.29 is 22.7 Å². The van der Waals surface area contributed by atoms with Crippen molar-refractivity contribution in [2.45, 2.75) is 26.1 Å². The van der Waals surface area contributed by atoms with Gasteiger partial charge in [0.1, 0.15) is 6.04 Å². The third-order valence-electron chi connectivity index (χ3n) is 5.49. The zero-order valence-corrected chi connectivity index (χ0v) is 19.6. The first-order chi connectivity index (χ1) is 16.2. The molecule has 0 spiro atoms. The summed E-state index contributed by atoms with van der Waals surface area (Å²) >= 11 is 1.55. The first-order valence-electron chi connectivity index (χ1n) is 10.8. The predicted octanol–water partition coefficient (Wildman–Crippen LogP) is 5.41. The maximum absolute atomic E-state index is 13.3. The smallest absolute Gasteiger partial charge is 0.378 e. The SMILES string of the molecule is Cc1nc(-c2cccc(N[C@H](C)C(=O)Nc3cc(C(F)(F)F)ccc3N3CCOCC3)c2)cs1. The second kappa shape index (κ2) is 10.0. The number of carbonyl (C=O) groups excluding carboxylic acids is 1. The number of rotatable bonds is 6. The van der Waals surface area contributed by atoms with Crippen molar-refractivity contribution in [3.8, 4) is 11.3 Å². The minimum absolute atomic E-state index is 0.127. The number of benzene rings is 2. The Bertz CT molecular complexity index is 1160. The lowest BCUT2D eigenvalue weighted by Crippen LogP contribution is -2.37. The summed E-state index contributed by atoms with van der Waals surface area (Å²) in [4.78, 5) is 19.4. The molecule has 2 N–H and O–H groups in total. The number of carbonyl (C=O) groups is 1. The number of aryl methyl sites for hydroxylation is 1. The number of aromatic nitrogens is 1. The zero-order chi connectivity index (χ0) is 24.3. The molecule has 0 radical (unpaired) electrons. The average Bonchev–Trinajstić information content (AvgIpc) is 3.25. The number of anilines is 3. The van der Waals surface area contributed by atoms with Gasteiger partial charge in [0.2, 0.25) is 5.91 Å². The predicted molar refractivity (Wildman–Crippen MR) is 128 cm³/mol. The van der Waals surface area contributed by atoms with E-state index in [1.807, 2.05) is 41.5 Å². The van der Waals surface area contributed by atoms with Crippen LogP contribution in [0.25, 0.3) is 11.3 Å². The first kappa shape index (κ1) is 24.0. The Morgan fingerprint density at radius 2 is 1.94 bits per heavy atom. The summed E-state index contributed by atoms with van der Waals surface area (Å²) < 4.78 is 45.4. The number of alkyl halides is 3. The lowest BCUT2D eigenvalue weighted by molar-refractivity contribution is -0.137. The molecule has 1 aliphatic heterocycles. The molecule has 0 bridgehead atoms. The normalized spacial score (nSPS) is 15.1. The summed E-state index contributed by atoms with van der Waals surface area (Å²) in [6.07, 6.45) is -4.51. The summed E-state index contributed by atoms with van der Waals surface area (Å²) in [7, 11) is 0. The molecular weight excluding hydrogens is 465 g/mol. The van der Waals surface area contributed by atoms with E-state index in [9.17, 15) is 18.0 Å². The third-order valence-corrected chi connectivity index (χ3v) is 6.26. The maximum Gasteiger partial charge on any atom is 0.416 e. The number of nitrogens with zero attached hydrogens (tertiary/aromatic N) is 2. The second-order valence-electron chi connectivity index (χ2n) is 8.02. The van der Waals surface area contributed by atoms with Crippen LogP contribution in [0.2, 0.25) is 0 Å². The summed E-state index contributed by atoms with van der Waals surface area (Å²) in [6.45, 7) is 5.61. The van der Waals surface area contributed by atoms with Crippen LogP contribution in [0.5, 0.6) is 0 Å². The second-order valence-corrected chi connectivity index (χ2v) is 9.08. The van der Waals surface area contributed by atoms with E-state index < -0.39 is 23.7 Å². The van der Waals surface area contributed by atoms with Gasteiger partial charge in [0.25, 0.3) is 0 Å². The van der Waals surface area contributed by atoms with Crippen molar-refractivity contribution in [1.29, 1.82) is 0 Å². The van der Waals surface area contributed by atoms with Gasteiger partial charge in [-0.3, -0.25) is 4.79 Å². The summed E-state index contributed by atoms with van der Waals surface area (Å²) in [6, 6.07) is 10.2. The van der Waals surface area contributed by atoms with Crippen molar-refractivity contribution in [3.05, 3.63) is 58.4 Å². The van der Waals surface area contributed by atoms with Gasteiger partial charge in [-0.15, -0.1) is 11.3 Å². The molecule has 180 valence electrons. The van der Waals surface area contributed by atoms with Crippen LogP contribution in [0, 0.1) is 6.92 Å². The largest absolute Gasteiger partial charge is 0.416 e. The number of amides is 1. The van der Waals surface area contributed by atoms with Crippen molar-refractivity contribution >= 4 is 34.3 Å². The molecule has 1 aromatic heterocycles. The van der Waals surface area contributed by atoms with Gasteiger partial charge in [0.15, 0.2) is 0 Å². The van der Waals surface area contributed by atoms with Gasteiger partial charge >= 0.3 is 6.18 Å². The van der Waals surface area contributed by atoms with E-state index in [-0.39, 0.29) is 5.69 Å². The standard InChI is InChI=1S/C24H25F3N4O2S/c1-15(28-19-5-3-4-17(12-19)21-14-34-16(2)29-21)23(32)30-20-13-18(24(25,26)27)6-7-22(20)31-8-10-33-11-9-31/h3-7,12-15,28H,8-11H2,1-2H3,(H,30,32)/t15-/m1/s1. The molecule has 2 heterocycles. The molecular formula is C24H25F3N4O2S. The Balaban J connectivity index is 1.52. The molecule has 4 rings (SSSR count). The van der Waals surface area contributed by atoms with E-state index in [0.29, 0.717) is 37.7 Å². The van der Waals surface area contributed by atoms with E-state index in [4.69, 9.17) is 4.74 Å². The molecule has 3 aromatic rings. The molecule has 34 heavy (non-hydrogen) atoms. The molecule has 0 unspecified atom stereocenters. The molecule has 0 aliphatic carbocycles. The van der Waals surface area contributed by atoms with E-state index >= 15 is 0 Å². The molecule has 1 amide bonds. The van der Waals surface area contributed by atoms with Crippen LogP contribution < -0.4 is 15.5 Å². The zero-order valence-electron chi connectivity index (χ0n) is 18.8. The van der Waals surface area contributed by atoms with Crippen LogP contribution in [0.4, 0.5) is 30.2 Å². The van der Waals surface area contributed by atoms with Crippen molar-refractivity contribution in [1.82, 2.24) is 4.98 Å². The molecule has 2 aromatic carbocycles. The highest BCUT2D eigenvalue weighted by molar-refractivity contribution is 7.09. The first-order valence-corrected chi connectivity index (χ1v) is 11.7. The topological polar surface area (TPSA) is 66.5 Å². The Morgan fingerprint density at radius 3 is 2.62 bits per heavy atom. The van der Waals surface area contributed by atoms with Gasteiger partial charge in [-0.05, 0) is 44.2 Å². The lowest BCUT2D eigenvalue weighted by Gasteiger charge is -2.31. The fourth-order valence-electron chi connectivity index (χ4n) is 3.71. The number of halogens is 3. The van der Waals surface area contributed by atoms with E-state index in [1.165, 1.54) is 6.07 Å². The molecule has 1 atom stereocenters. The molecule has 0 saturated carbocycles.